The maximum atomic E-state index is 12.3. The average molecular weight is 301 g/mol. The van der Waals surface area contributed by atoms with Gasteiger partial charge in [-0.05, 0) is 14.0 Å². The van der Waals surface area contributed by atoms with Gasteiger partial charge in [0.15, 0.2) is 5.03 Å². The summed E-state index contributed by atoms with van der Waals surface area (Å²) in [5.74, 6) is 0. The molecule has 2 rings (SSSR count). The molecule has 0 radical (unpaired) electrons. The first-order valence-electron chi connectivity index (χ1n) is 5.63. The molecule has 0 aliphatic rings. The fourth-order valence-electron chi connectivity index (χ4n) is 1.64. The van der Waals surface area contributed by atoms with Gasteiger partial charge in [0.25, 0.3) is 10.0 Å². The molecule has 0 saturated carbocycles. The van der Waals surface area contributed by atoms with Crippen LogP contribution in [0.15, 0.2) is 22.8 Å². The Morgan fingerprint density at radius 2 is 2.32 bits per heavy atom. The van der Waals surface area contributed by atoms with Gasteiger partial charge in [0.05, 0.1) is 12.2 Å². The largest absolute Gasteiger partial charge is 0.316 e. The monoisotopic (exact) mass is 301 g/mol. The van der Waals surface area contributed by atoms with E-state index in [4.69, 9.17) is 0 Å². The van der Waals surface area contributed by atoms with Crippen LogP contribution in [-0.4, -0.2) is 30.6 Å². The summed E-state index contributed by atoms with van der Waals surface area (Å²) in [6, 6.07) is -0.379. The summed E-state index contributed by atoms with van der Waals surface area (Å²) >= 11 is 1.41. The molecule has 0 saturated heterocycles. The minimum Gasteiger partial charge on any atom is -0.316 e. The molecule has 3 N–H and O–H groups in total. The zero-order valence-corrected chi connectivity index (χ0v) is 12.2. The van der Waals surface area contributed by atoms with E-state index < -0.39 is 10.0 Å². The van der Waals surface area contributed by atoms with Crippen molar-refractivity contribution in [1.29, 1.82) is 0 Å². The fourth-order valence-corrected chi connectivity index (χ4v) is 3.70. The van der Waals surface area contributed by atoms with Crippen molar-refractivity contribution in [3.63, 3.8) is 0 Å². The van der Waals surface area contributed by atoms with Crippen molar-refractivity contribution < 1.29 is 8.42 Å². The van der Waals surface area contributed by atoms with Gasteiger partial charge < -0.3 is 5.32 Å². The lowest BCUT2D eigenvalue weighted by atomic mass is 10.4. The zero-order valence-electron chi connectivity index (χ0n) is 10.5. The minimum absolute atomic E-state index is 0.0882. The quantitative estimate of drug-likeness (QED) is 0.726. The summed E-state index contributed by atoms with van der Waals surface area (Å²) in [4.78, 5) is 4.09. The highest BCUT2D eigenvalue weighted by atomic mass is 32.2. The van der Waals surface area contributed by atoms with Gasteiger partial charge in [0.1, 0.15) is 5.01 Å². The summed E-state index contributed by atoms with van der Waals surface area (Å²) in [7, 11) is -1.89. The van der Waals surface area contributed by atoms with Crippen LogP contribution in [0.3, 0.4) is 0 Å². The van der Waals surface area contributed by atoms with Gasteiger partial charge in [-0.1, -0.05) is 0 Å². The van der Waals surface area contributed by atoms with Crippen LogP contribution in [0.5, 0.6) is 0 Å². The Hall–Kier alpha value is -1.29. The number of aromatic nitrogens is 3. The second-order valence-electron chi connectivity index (χ2n) is 3.97. The number of hydrogen-bond acceptors (Lipinski definition) is 6. The number of hydrogen-bond donors (Lipinski definition) is 3. The number of H-pyrrole nitrogens is 1. The first kappa shape index (κ1) is 14.1. The Bertz CT molecular complexity index is 620. The Balaban J connectivity index is 2.20. The summed E-state index contributed by atoms with van der Waals surface area (Å²) < 4.78 is 27.1. The van der Waals surface area contributed by atoms with Gasteiger partial charge in [-0.25, -0.2) is 18.1 Å². The van der Waals surface area contributed by atoms with Crippen LogP contribution in [0.4, 0.5) is 0 Å². The van der Waals surface area contributed by atoms with Crippen LogP contribution in [0.2, 0.25) is 0 Å². The van der Waals surface area contributed by atoms with Crippen molar-refractivity contribution >= 4 is 21.4 Å². The lowest BCUT2D eigenvalue weighted by molar-refractivity contribution is 0.560. The van der Waals surface area contributed by atoms with Gasteiger partial charge in [-0.2, -0.15) is 5.10 Å². The molecule has 0 aliphatic carbocycles. The maximum Gasteiger partial charge on any atom is 0.258 e. The molecule has 0 aromatic carbocycles. The second kappa shape index (κ2) is 5.78. The van der Waals surface area contributed by atoms with Crippen molar-refractivity contribution in [3.8, 4) is 0 Å². The molecular formula is C10H15N5O2S2. The van der Waals surface area contributed by atoms with Crippen LogP contribution in [0, 0.1) is 0 Å². The van der Waals surface area contributed by atoms with Gasteiger partial charge >= 0.3 is 0 Å². The van der Waals surface area contributed by atoms with E-state index in [-0.39, 0.29) is 11.1 Å². The van der Waals surface area contributed by atoms with Gasteiger partial charge in [0.2, 0.25) is 0 Å². The standard InChI is InChI=1S/C10H15N5O2S2/c1-7(9-12-3-4-18-9)15-19(16,17)10-8(5-11-2)6-13-14-10/h3-4,6-7,11,15H,5H2,1-2H3,(H,13,14). The van der Waals surface area contributed by atoms with Gasteiger partial charge in [0, 0.05) is 23.7 Å². The average Bonchev–Trinajstić information content (AvgIpc) is 2.99. The van der Waals surface area contributed by atoms with Crippen molar-refractivity contribution in [2.24, 2.45) is 0 Å². The molecule has 104 valence electrons. The molecular weight excluding hydrogens is 286 g/mol. The van der Waals surface area contributed by atoms with E-state index in [1.165, 1.54) is 17.5 Å². The van der Waals surface area contributed by atoms with Crippen molar-refractivity contribution in [2.75, 3.05) is 7.05 Å². The highest BCUT2D eigenvalue weighted by molar-refractivity contribution is 7.89. The van der Waals surface area contributed by atoms with E-state index >= 15 is 0 Å². The minimum atomic E-state index is -3.64. The molecule has 2 heterocycles. The summed E-state index contributed by atoms with van der Waals surface area (Å²) in [5.41, 5.74) is 0.598. The third kappa shape index (κ3) is 3.18. The maximum absolute atomic E-state index is 12.3. The Kier molecular flexibility index (Phi) is 4.30. The molecule has 0 bridgehead atoms. The van der Waals surface area contributed by atoms with Crippen LogP contribution < -0.4 is 10.0 Å². The molecule has 0 spiro atoms. The molecule has 1 atom stereocenters. The molecule has 0 aliphatic heterocycles. The zero-order chi connectivity index (χ0) is 13.9. The number of rotatable bonds is 6. The molecule has 0 fully saturated rings. The van der Waals surface area contributed by atoms with Crippen molar-refractivity contribution in [3.05, 3.63) is 28.3 Å². The highest BCUT2D eigenvalue weighted by Gasteiger charge is 2.24. The fraction of sp³-hybridized carbons (Fsp3) is 0.400. The van der Waals surface area contributed by atoms with E-state index in [1.54, 1.807) is 20.2 Å². The number of thiazole rings is 1. The molecule has 9 heteroatoms. The first-order chi connectivity index (χ1) is 9.04. The lowest BCUT2D eigenvalue weighted by Crippen LogP contribution is -2.28. The SMILES string of the molecule is CNCc1cn[nH]c1S(=O)(=O)NC(C)c1nccs1. The predicted molar refractivity (Wildman–Crippen MR) is 72.2 cm³/mol. The van der Waals surface area contributed by atoms with Gasteiger partial charge in [-0.3, -0.25) is 5.10 Å². The highest BCUT2D eigenvalue weighted by Crippen LogP contribution is 2.19. The number of nitrogens with one attached hydrogen (secondary N) is 3. The third-order valence-corrected chi connectivity index (χ3v) is 4.98. The summed E-state index contributed by atoms with van der Waals surface area (Å²) in [6.45, 7) is 2.18. The van der Waals surface area contributed by atoms with E-state index in [9.17, 15) is 8.42 Å². The van der Waals surface area contributed by atoms with Crippen LogP contribution in [0.1, 0.15) is 23.5 Å². The summed E-state index contributed by atoms with van der Waals surface area (Å²) in [5, 5.41) is 11.8. The lowest BCUT2D eigenvalue weighted by Gasteiger charge is -2.11. The molecule has 2 aromatic heterocycles. The number of nitrogens with zero attached hydrogens (tertiary/aromatic N) is 2. The van der Waals surface area contributed by atoms with Crippen molar-refractivity contribution in [2.45, 2.75) is 24.5 Å². The number of aromatic amines is 1. The van der Waals surface area contributed by atoms with E-state index in [2.05, 4.69) is 25.2 Å². The number of sulfonamides is 1. The van der Waals surface area contributed by atoms with Crippen LogP contribution in [-0.2, 0) is 16.6 Å². The second-order valence-corrected chi connectivity index (χ2v) is 6.54. The predicted octanol–water partition coefficient (Wildman–Crippen LogP) is 0.625. The molecule has 7 nitrogen and oxygen atoms in total. The van der Waals surface area contributed by atoms with Crippen LogP contribution >= 0.6 is 11.3 Å². The molecule has 19 heavy (non-hydrogen) atoms. The van der Waals surface area contributed by atoms with E-state index in [0.717, 1.165) is 5.01 Å². The van der Waals surface area contributed by atoms with E-state index in [1.807, 2.05) is 5.38 Å². The third-order valence-electron chi connectivity index (χ3n) is 2.47. The smallest absolute Gasteiger partial charge is 0.258 e. The van der Waals surface area contributed by atoms with E-state index in [0.29, 0.717) is 12.1 Å². The molecule has 0 amide bonds. The Labute approximate surface area is 115 Å². The molecule has 2 aromatic rings. The van der Waals surface area contributed by atoms with Crippen LogP contribution in [0.25, 0.3) is 0 Å². The van der Waals surface area contributed by atoms with Crippen molar-refractivity contribution in [1.82, 2.24) is 25.2 Å². The first-order valence-corrected chi connectivity index (χ1v) is 7.99. The Morgan fingerprint density at radius 1 is 1.53 bits per heavy atom. The Morgan fingerprint density at radius 3 is 2.95 bits per heavy atom. The summed E-state index contributed by atoms with van der Waals surface area (Å²) in [6.07, 6.45) is 3.15. The van der Waals surface area contributed by atoms with Gasteiger partial charge in [-0.15, -0.1) is 11.3 Å². The topological polar surface area (TPSA) is 99.8 Å². The normalized spacial score (nSPS) is 13.6. The molecule has 1 unspecified atom stereocenters.